The Morgan fingerprint density at radius 3 is 2.29 bits per heavy atom. The van der Waals surface area contributed by atoms with Gasteiger partial charge in [0.25, 0.3) is 0 Å². The molecule has 1 aromatic heterocycles. The van der Waals surface area contributed by atoms with Crippen LogP contribution in [0.15, 0.2) is 28.8 Å². The predicted octanol–water partition coefficient (Wildman–Crippen LogP) is 2.21. The molecule has 0 saturated carbocycles. The normalized spacial score (nSPS) is 12.4. The van der Waals surface area contributed by atoms with E-state index in [1.165, 1.54) is 0 Å². The minimum absolute atomic E-state index is 0.159. The molecule has 0 saturated heterocycles. The Hall–Kier alpha value is -2.02. The molecule has 0 unspecified atom stereocenters. The molecule has 1 aromatic carbocycles. The first kappa shape index (κ1) is 15.4. The summed E-state index contributed by atoms with van der Waals surface area (Å²) in [5.41, 5.74) is 7.07. The summed E-state index contributed by atoms with van der Waals surface area (Å²) in [5.74, 6) is 1.08. The lowest BCUT2D eigenvalue weighted by atomic mass is 9.99. The average molecular weight is 310 g/mol. The number of aromatic nitrogens is 1. The predicted molar refractivity (Wildman–Crippen MR) is 80.8 cm³/mol. The molecule has 0 atom stereocenters. The summed E-state index contributed by atoms with van der Waals surface area (Å²) < 4.78 is 33.1. The van der Waals surface area contributed by atoms with E-state index in [-0.39, 0.29) is 11.6 Å². The maximum absolute atomic E-state index is 12.0. The van der Waals surface area contributed by atoms with E-state index < -0.39 is 14.6 Å². The smallest absolute Gasteiger partial charge is 0.175 e. The second kappa shape index (κ2) is 5.07. The fourth-order valence-electron chi connectivity index (χ4n) is 1.92. The van der Waals surface area contributed by atoms with E-state index in [9.17, 15) is 8.42 Å². The third kappa shape index (κ3) is 2.61. The van der Waals surface area contributed by atoms with Gasteiger partial charge in [-0.05, 0) is 31.5 Å². The van der Waals surface area contributed by atoms with Gasteiger partial charge in [-0.25, -0.2) is 8.42 Å². The fraction of sp³-hybridized carbons (Fsp3) is 0.357. The molecule has 0 bridgehead atoms. The monoisotopic (exact) mass is 310 g/mol. The first-order chi connectivity index (χ1) is 9.68. The van der Waals surface area contributed by atoms with Crippen molar-refractivity contribution in [2.75, 3.05) is 19.1 Å². The van der Waals surface area contributed by atoms with Gasteiger partial charge >= 0.3 is 0 Å². The molecule has 6 nitrogen and oxygen atoms in total. The number of sulfone groups is 1. The van der Waals surface area contributed by atoms with Crippen molar-refractivity contribution in [3.8, 4) is 16.9 Å². The van der Waals surface area contributed by atoms with E-state index in [0.717, 1.165) is 11.8 Å². The number of nitrogens with two attached hydrogens (primary N) is 1. The van der Waals surface area contributed by atoms with Crippen LogP contribution < -0.4 is 10.5 Å². The van der Waals surface area contributed by atoms with E-state index in [0.29, 0.717) is 11.3 Å². The Labute approximate surface area is 123 Å². The molecule has 0 spiro atoms. The molecule has 0 aliphatic rings. The van der Waals surface area contributed by atoms with Crippen molar-refractivity contribution in [2.24, 2.45) is 0 Å². The average Bonchev–Trinajstić information content (AvgIpc) is 2.80. The number of nitrogens with zero attached hydrogens (tertiary/aromatic N) is 1. The zero-order valence-corrected chi connectivity index (χ0v) is 13.2. The van der Waals surface area contributed by atoms with Crippen LogP contribution >= 0.6 is 0 Å². The maximum Gasteiger partial charge on any atom is 0.175 e. The van der Waals surface area contributed by atoms with Gasteiger partial charge in [-0.2, -0.15) is 0 Å². The van der Waals surface area contributed by atoms with E-state index in [2.05, 4.69) is 5.16 Å². The summed E-state index contributed by atoms with van der Waals surface area (Å²) >= 11 is 0. The summed E-state index contributed by atoms with van der Waals surface area (Å²) in [6.07, 6.45) is 1.16. The molecule has 2 aromatic rings. The summed E-state index contributed by atoms with van der Waals surface area (Å²) in [5, 5.41) is 3.72. The molecule has 21 heavy (non-hydrogen) atoms. The largest absolute Gasteiger partial charge is 0.497 e. The Morgan fingerprint density at radius 1 is 1.24 bits per heavy atom. The van der Waals surface area contributed by atoms with Crippen molar-refractivity contribution in [3.05, 3.63) is 30.0 Å². The summed E-state index contributed by atoms with van der Waals surface area (Å²) in [6.45, 7) is 3.13. The highest BCUT2D eigenvalue weighted by atomic mass is 32.2. The van der Waals surface area contributed by atoms with Crippen molar-refractivity contribution in [2.45, 2.75) is 18.6 Å². The van der Waals surface area contributed by atoms with Crippen LogP contribution in [-0.4, -0.2) is 26.9 Å². The molecule has 0 amide bonds. The molecule has 0 fully saturated rings. The zero-order chi connectivity index (χ0) is 15.8. The molecule has 7 heteroatoms. The minimum atomic E-state index is -3.40. The zero-order valence-electron chi connectivity index (χ0n) is 12.4. The minimum Gasteiger partial charge on any atom is -0.497 e. The van der Waals surface area contributed by atoms with Crippen LogP contribution in [0.3, 0.4) is 0 Å². The van der Waals surface area contributed by atoms with Crippen LogP contribution in [0.4, 0.5) is 5.82 Å². The second-order valence-corrected chi connectivity index (χ2v) is 7.85. The van der Waals surface area contributed by atoms with Crippen molar-refractivity contribution < 1.29 is 17.7 Å². The lowest BCUT2D eigenvalue weighted by Gasteiger charge is -2.20. The van der Waals surface area contributed by atoms with Crippen LogP contribution in [0, 0.1) is 0 Å². The van der Waals surface area contributed by atoms with Gasteiger partial charge in [-0.15, -0.1) is 0 Å². The van der Waals surface area contributed by atoms with Crippen LogP contribution in [0.1, 0.15) is 19.6 Å². The number of ether oxygens (including phenoxy) is 1. The molecular formula is C14H18N2O4S. The topological polar surface area (TPSA) is 95.4 Å². The van der Waals surface area contributed by atoms with Crippen molar-refractivity contribution in [3.63, 3.8) is 0 Å². The van der Waals surface area contributed by atoms with Crippen LogP contribution in [-0.2, 0) is 14.6 Å². The SMILES string of the molecule is COc1ccc(-c2c(N)noc2C(C)(C)S(C)(=O)=O)cc1. The molecule has 0 aliphatic carbocycles. The number of hydrogen-bond donors (Lipinski definition) is 1. The number of methoxy groups -OCH3 is 1. The standard InChI is InChI=1S/C14H18N2O4S/c1-14(2,21(4,17)18)12-11(13(15)16-20-12)9-5-7-10(19-3)8-6-9/h5-8H,1-4H3,(H2,15,16). The van der Waals surface area contributed by atoms with E-state index in [4.69, 9.17) is 15.0 Å². The van der Waals surface area contributed by atoms with Crippen molar-refractivity contribution in [1.29, 1.82) is 0 Å². The van der Waals surface area contributed by atoms with Gasteiger partial charge < -0.3 is 15.0 Å². The molecule has 114 valence electrons. The first-order valence-electron chi connectivity index (χ1n) is 6.28. The highest BCUT2D eigenvalue weighted by Gasteiger charge is 2.39. The number of anilines is 1. The second-order valence-electron chi connectivity index (χ2n) is 5.28. The Balaban J connectivity index is 2.62. The van der Waals surface area contributed by atoms with Gasteiger partial charge in [-0.1, -0.05) is 17.3 Å². The summed E-state index contributed by atoms with van der Waals surface area (Å²) in [7, 11) is -1.83. The third-order valence-corrected chi connectivity index (χ3v) is 5.61. The highest BCUT2D eigenvalue weighted by Crippen LogP contribution is 2.40. The lowest BCUT2D eigenvalue weighted by Crippen LogP contribution is -2.28. The molecule has 0 aliphatic heterocycles. The Kier molecular flexibility index (Phi) is 3.71. The van der Waals surface area contributed by atoms with Crippen LogP contribution in [0.2, 0.25) is 0 Å². The molecule has 2 rings (SSSR count). The van der Waals surface area contributed by atoms with Crippen molar-refractivity contribution >= 4 is 15.7 Å². The quantitative estimate of drug-likeness (QED) is 0.930. The fourth-order valence-corrected chi connectivity index (χ4v) is 2.39. The van der Waals surface area contributed by atoms with Crippen LogP contribution in [0.25, 0.3) is 11.1 Å². The van der Waals surface area contributed by atoms with E-state index in [1.54, 1.807) is 45.2 Å². The van der Waals surface area contributed by atoms with Gasteiger partial charge in [-0.3, -0.25) is 0 Å². The highest BCUT2D eigenvalue weighted by molar-refractivity contribution is 7.91. The van der Waals surface area contributed by atoms with Gasteiger partial charge in [0.1, 0.15) is 10.5 Å². The van der Waals surface area contributed by atoms with Gasteiger partial charge in [0.2, 0.25) is 0 Å². The van der Waals surface area contributed by atoms with E-state index >= 15 is 0 Å². The van der Waals surface area contributed by atoms with Gasteiger partial charge in [0.15, 0.2) is 21.4 Å². The molecular weight excluding hydrogens is 292 g/mol. The summed E-state index contributed by atoms with van der Waals surface area (Å²) in [4.78, 5) is 0. The van der Waals surface area contributed by atoms with Crippen molar-refractivity contribution in [1.82, 2.24) is 5.16 Å². The molecule has 1 heterocycles. The van der Waals surface area contributed by atoms with Gasteiger partial charge in [0.05, 0.1) is 12.7 Å². The number of benzene rings is 1. The molecule has 0 radical (unpaired) electrons. The van der Waals surface area contributed by atoms with Gasteiger partial charge in [0, 0.05) is 6.26 Å². The Bertz CT molecular complexity index is 746. The lowest BCUT2D eigenvalue weighted by molar-refractivity contribution is 0.357. The number of rotatable bonds is 4. The molecule has 2 N–H and O–H groups in total. The maximum atomic E-state index is 12.0. The van der Waals surface area contributed by atoms with Crippen LogP contribution in [0.5, 0.6) is 5.75 Å². The Morgan fingerprint density at radius 2 is 1.81 bits per heavy atom. The van der Waals surface area contributed by atoms with E-state index in [1.807, 2.05) is 0 Å². The first-order valence-corrected chi connectivity index (χ1v) is 8.17. The summed E-state index contributed by atoms with van der Waals surface area (Å²) in [6, 6.07) is 7.09. The number of nitrogen functional groups attached to an aromatic ring is 1. The number of hydrogen-bond acceptors (Lipinski definition) is 6. The third-order valence-electron chi connectivity index (χ3n) is 3.57.